The topological polar surface area (TPSA) is 114 Å². The second kappa shape index (κ2) is 7.81. The number of ether oxygens (including phenoxy) is 2. The number of nitrogens with one attached hydrogen (secondary N) is 1. The van der Waals surface area contributed by atoms with Gasteiger partial charge in [-0.05, 0) is 19.1 Å². The Kier molecular flexibility index (Phi) is 6.10. The maximum absolute atomic E-state index is 11.7. The summed E-state index contributed by atoms with van der Waals surface area (Å²) in [6.07, 6.45) is -0.920. The number of esters is 1. The van der Waals surface area contributed by atoms with E-state index >= 15 is 0 Å². The molecule has 1 rings (SSSR count). The number of hydrogen-bond donors (Lipinski definition) is 1. The Morgan fingerprint density at radius 2 is 2.29 bits per heavy atom. The molecule has 0 heterocycles. The molecule has 0 fully saturated rings. The van der Waals surface area contributed by atoms with Crippen molar-refractivity contribution in [3.05, 3.63) is 33.9 Å². The number of nitrogens with zero attached hydrogens (tertiary/aromatic N) is 2. The van der Waals surface area contributed by atoms with Crippen LogP contribution in [-0.4, -0.2) is 37.3 Å². The Hall–Kier alpha value is -2.66. The van der Waals surface area contributed by atoms with E-state index in [1.165, 1.54) is 26.2 Å². The molecule has 8 heteroatoms. The molecule has 0 aliphatic rings. The first-order valence-electron chi connectivity index (χ1n) is 6.11. The zero-order chi connectivity index (χ0) is 15.8. The van der Waals surface area contributed by atoms with Gasteiger partial charge >= 0.3 is 5.97 Å². The minimum absolute atomic E-state index is 0.0149. The van der Waals surface area contributed by atoms with Gasteiger partial charge in [0.2, 0.25) is 0 Å². The maximum atomic E-state index is 11.7. The van der Waals surface area contributed by atoms with Crippen LogP contribution in [0.1, 0.15) is 17.3 Å². The summed E-state index contributed by atoms with van der Waals surface area (Å²) >= 11 is 0. The van der Waals surface area contributed by atoms with E-state index in [4.69, 9.17) is 14.7 Å². The van der Waals surface area contributed by atoms with Crippen molar-refractivity contribution in [1.29, 1.82) is 5.26 Å². The highest BCUT2D eigenvalue weighted by molar-refractivity contribution is 5.91. The van der Waals surface area contributed by atoms with E-state index < -0.39 is 17.0 Å². The number of methoxy groups -OCH3 is 1. The molecule has 0 amide bonds. The Balaban J connectivity index is 2.95. The monoisotopic (exact) mass is 293 g/mol. The van der Waals surface area contributed by atoms with E-state index in [-0.39, 0.29) is 16.9 Å². The van der Waals surface area contributed by atoms with E-state index in [0.717, 1.165) is 6.07 Å². The van der Waals surface area contributed by atoms with Crippen LogP contribution in [0.5, 0.6) is 0 Å². The summed E-state index contributed by atoms with van der Waals surface area (Å²) in [6, 6.07) is 5.67. The molecule has 1 atom stereocenters. The number of nitro benzene ring substituents is 1. The molecule has 0 spiro atoms. The van der Waals surface area contributed by atoms with Gasteiger partial charge in [-0.1, -0.05) is 0 Å². The molecular formula is C13H15N3O5. The van der Waals surface area contributed by atoms with Gasteiger partial charge in [0.25, 0.3) is 5.69 Å². The summed E-state index contributed by atoms with van der Waals surface area (Å²) in [6.45, 7) is 2.19. The van der Waals surface area contributed by atoms with Crippen molar-refractivity contribution in [1.82, 2.24) is 0 Å². The highest BCUT2D eigenvalue weighted by Crippen LogP contribution is 2.25. The van der Waals surface area contributed by atoms with Crippen molar-refractivity contribution in [2.75, 3.05) is 25.6 Å². The number of carbonyl (C=O) groups excluding carboxylic acids is 1. The molecule has 1 aromatic rings. The number of carbonyl (C=O) groups is 1. The van der Waals surface area contributed by atoms with E-state index in [1.807, 2.05) is 0 Å². The van der Waals surface area contributed by atoms with Crippen LogP contribution < -0.4 is 5.32 Å². The van der Waals surface area contributed by atoms with Crippen LogP contribution in [0.3, 0.4) is 0 Å². The van der Waals surface area contributed by atoms with Crippen LogP contribution in [-0.2, 0) is 9.47 Å². The number of rotatable bonds is 7. The fourth-order valence-corrected chi connectivity index (χ4v) is 1.50. The van der Waals surface area contributed by atoms with E-state index in [0.29, 0.717) is 13.2 Å². The average molecular weight is 293 g/mol. The SMILES string of the molecule is COCCNc1ccc(C(=O)O[C@H](C)C#N)cc1[N+](=O)[O-]. The van der Waals surface area contributed by atoms with Crippen LogP contribution >= 0.6 is 0 Å². The number of nitro groups is 1. The van der Waals surface area contributed by atoms with Crippen LogP contribution in [0.4, 0.5) is 11.4 Å². The number of hydrogen-bond acceptors (Lipinski definition) is 7. The lowest BCUT2D eigenvalue weighted by molar-refractivity contribution is -0.384. The molecule has 0 radical (unpaired) electrons. The van der Waals surface area contributed by atoms with Crippen molar-refractivity contribution in [2.24, 2.45) is 0 Å². The first-order chi connectivity index (χ1) is 9.99. The first kappa shape index (κ1) is 16.4. The molecule has 21 heavy (non-hydrogen) atoms. The second-order valence-electron chi connectivity index (χ2n) is 4.09. The molecule has 0 unspecified atom stereocenters. The van der Waals surface area contributed by atoms with E-state index in [9.17, 15) is 14.9 Å². The fraction of sp³-hybridized carbons (Fsp3) is 0.385. The lowest BCUT2D eigenvalue weighted by Gasteiger charge is -2.09. The zero-order valence-electron chi connectivity index (χ0n) is 11.7. The fourth-order valence-electron chi connectivity index (χ4n) is 1.50. The molecule has 0 saturated carbocycles. The Labute approximate surface area is 121 Å². The van der Waals surface area contributed by atoms with Gasteiger partial charge in [-0.3, -0.25) is 10.1 Å². The predicted molar refractivity (Wildman–Crippen MR) is 74.0 cm³/mol. The molecule has 1 aromatic carbocycles. The number of nitriles is 1. The predicted octanol–water partition coefficient (Wildman–Crippen LogP) is 1.72. The molecule has 0 saturated heterocycles. The summed E-state index contributed by atoms with van der Waals surface area (Å²) in [4.78, 5) is 22.2. The summed E-state index contributed by atoms with van der Waals surface area (Å²) in [5.41, 5.74) is 0.0492. The van der Waals surface area contributed by atoms with Crippen LogP contribution in [0.25, 0.3) is 0 Å². The maximum Gasteiger partial charge on any atom is 0.339 e. The van der Waals surface area contributed by atoms with E-state index in [2.05, 4.69) is 5.32 Å². The van der Waals surface area contributed by atoms with Gasteiger partial charge in [0.1, 0.15) is 11.8 Å². The van der Waals surface area contributed by atoms with Gasteiger partial charge in [0.05, 0.1) is 17.1 Å². The van der Waals surface area contributed by atoms with Gasteiger partial charge < -0.3 is 14.8 Å². The largest absolute Gasteiger partial charge is 0.444 e. The van der Waals surface area contributed by atoms with Gasteiger partial charge in [-0.15, -0.1) is 0 Å². The minimum atomic E-state index is -0.920. The van der Waals surface area contributed by atoms with Crippen molar-refractivity contribution < 1.29 is 19.2 Å². The molecule has 0 bridgehead atoms. The van der Waals surface area contributed by atoms with Crippen LogP contribution in [0.15, 0.2) is 18.2 Å². The Morgan fingerprint density at radius 3 is 2.86 bits per heavy atom. The van der Waals surface area contributed by atoms with Crippen molar-refractivity contribution in [3.8, 4) is 6.07 Å². The van der Waals surface area contributed by atoms with Crippen LogP contribution in [0.2, 0.25) is 0 Å². The second-order valence-corrected chi connectivity index (χ2v) is 4.09. The smallest absolute Gasteiger partial charge is 0.339 e. The highest BCUT2D eigenvalue weighted by Gasteiger charge is 2.19. The Bertz CT molecular complexity index is 567. The molecule has 8 nitrogen and oxygen atoms in total. The lowest BCUT2D eigenvalue weighted by Crippen LogP contribution is -2.14. The zero-order valence-corrected chi connectivity index (χ0v) is 11.7. The van der Waals surface area contributed by atoms with Gasteiger partial charge in [-0.2, -0.15) is 5.26 Å². The summed E-state index contributed by atoms with van der Waals surface area (Å²) in [7, 11) is 1.52. The molecule has 112 valence electrons. The van der Waals surface area contributed by atoms with E-state index in [1.54, 1.807) is 6.07 Å². The van der Waals surface area contributed by atoms with Gasteiger partial charge in [-0.25, -0.2) is 4.79 Å². The third-order valence-corrected chi connectivity index (χ3v) is 2.52. The average Bonchev–Trinajstić information content (AvgIpc) is 2.47. The number of benzene rings is 1. The third-order valence-electron chi connectivity index (χ3n) is 2.52. The van der Waals surface area contributed by atoms with Crippen molar-refractivity contribution in [2.45, 2.75) is 13.0 Å². The Morgan fingerprint density at radius 1 is 1.57 bits per heavy atom. The molecular weight excluding hydrogens is 278 g/mol. The lowest BCUT2D eigenvalue weighted by atomic mass is 10.1. The van der Waals surface area contributed by atoms with Crippen molar-refractivity contribution >= 4 is 17.3 Å². The van der Waals surface area contributed by atoms with Gasteiger partial charge in [0.15, 0.2) is 6.10 Å². The molecule has 0 aromatic heterocycles. The van der Waals surface area contributed by atoms with Crippen molar-refractivity contribution in [3.63, 3.8) is 0 Å². The molecule has 1 N–H and O–H groups in total. The number of anilines is 1. The van der Waals surface area contributed by atoms with Crippen LogP contribution in [0, 0.1) is 21.4 Å². The normalized spacial score (nSPS) is 11.3. The quantitative estimate of drug-likeness (QED) is 0.352. The first-order valence-corrected chi connectivity index (χ1v) is 6.11. The minimum Gasteiger partial charge on any atom is -0.444 e. The molecule has 0 aliphatic heterocycles. The van der Waals surface area contributed by atoms with Gasteiger partial charge in [0, 0.05) is 19.7 Å². The standard InChI is InChI=1S/C13H15N3O5/c1-9(8-14)21-13(17)10-3-4-11(15-5-6-20-2)12(7-10)16(18)19/h3-4,7,9,15H,5-6H2,1-2H3/t9-/m1/s1. The summed E-state index contributed by atoms with van der Waals surface area (Å²) < 4.78 is 9.64. The third kappa shape index (κ3) is 4.74. The molecule has 0 aliphatic carbocycles. The highest BCUT2D eigenvalue weighted by atomic mass is 16.6. The summed E-state index contributed by atoms with van der Waals surface area (Å²) in [5.74, 6) is -0.782. The summed E-state index contributed by atoms with van der Waals surface area (Å²) in [5, 5.41) is 22.5.